The Kier molecular flexibility index (Phi) is 5.12. The summed E-state index contributed by atoms with van der Waals surface area (Å²) < 4.78 is 34.4. The molecule has 2 saturated carbocycles. The molecule has 13 heteroatoms. The van der Waals surface area contributed by atoms with Crippen LogP contribution in [0.25, 0.3) is 0 Å². The smallest absolute Gasteiger partial charge is 0.350 e. The number of hydrogen-bond acceptors (Lipinski definition) is 13. The number of carbonyl (C=O) groups excluding carboxylic acids is 5. The van der Waals surface area contributed by atoms with Crippen molar-refractivity contribution in [2.45, 2.75) is 82.9 Å². The zero-order valence-electron chi connectivity index (χ0n) is 23.4. The summed E-state index contributed by atoms with van der Waals surface area (Å²) in [6, 6.07) is 5.79. The van der Waals surface area contributed by atoms with Crippen LogP contribution in [0.5, 0.6) is 5.75 Å². The fraction of sp³-hybridized carbons (Fsp3) is 0.621. The van der Waals surface area contributed by atoms with Gasteiger partial charge in [-0.3, -0.25) is 9.59 Å². The molecule has 0 bridgehead atoms. The molecule has 2 N–H and O–H groups in total. The van der Waals surface area contributed by atoms with Gasteiger partial charge in [0.05, 0.1) is 16.7 Å². The van der Waals surface area contributed by atoms with Crippen molar-refractivity contribution < 1.29 is 62.6 Å². The van der Waals surface area contributed by atoms with Crippen molar-refractivity contribution in [3.05, 3.63) is 29.8 Å². The lowest BCUT2D eigenvalue weighted by atomic mass is 9.51. The first-order chi connectivity index (χ1) is 19.6. The Morgan fingerprint density at radius 1 is 1.05 bits per heavy atom. The maximum absolute atomic E-state index is 13.9. The number of ether oxygens (including phenoxy) is 6. The Morgan fingerprint density at radius 3 is 2.40 bits per heavy atom. The van der Waals surface area contributed by atoms with Crippen LogP contribution in [0, 0.1) is 28.1 Å². The molecule has 1 aromatic rings. The number of benzene rings is 1. The van der Waals surface area contributed by atoms with Gasteiger partial charge in [0.25, 0.3) is 0 Å². The van der Waals surface area contributed by atoms with Gasteiger partial charge in [-0.1, -0.05) is 32.9 Å². The highest BCUT2D eigenvalue weighted by molar-refractivity contribution is 5.97. The zero-order chi connectivity index (χ0) is 30.4. The van der Waals surface area contributed by atoms with Gasteiger partial charge in [-0.15, -0.1) is 0 Å². The number of carbonyl (C=O) groups is 5. The number of hydrogen-bond donors (Lipinski definition) is 2. The van der Waals surface area contributed by atoms with Crippen molar-refractivity contribution in [3.63, 3.8) is 0 Å². The number of fused-ring (bicyclic) bond motifs is 1. The van der Waals surface area contributed by atoms with Crippen LogP contribution in [0.2, 0.25) is 0 Å². The van der Waals surface area contributed by atoms with Crippen LogP contribution in [-0.4, -0.2) is 82.0 Å². The lowest BCUT2D eigenvalue weighted by Crippen LogP contribution is -2.67. The average molecular weight is 587 g/mol. The van der Waals surface area contributed by atoms with Crippen molar-refractivity contribution in [2.24, 2.45) is 28.1 Å². The molecule has 6 aliphatic rings. The highest BCUT2D eigenvalue weighted by Crippen LogP contribution is 2.84. The molecule has 4 saturated heterocycles. The Morgan fingerprint density at radius 2 is 1.74 bits per heavy atom. The molecular formula is C29H30O13. The van der Waals surface area contributed by atoms with Crippen molar-refractivity contribution in [2.75, 3.05) is 0 Å². The van der Waals surface area contributed by atoms with E-state index in [1.807, 2.05) is 20.8 Å². The second kappa shape index (κ2) is 7.88. The van der Waals surface area contributed by atoms with Gasteiger partial charge in [0.2, 0.25) is 18.0 Å². The summed E-state index contributed by atoms with van der Waals surface area (Å²) in [6.45, 7) is 8.15. The Balaban J connectivity index is 1.44. The van der Waals surface area contributed by atoms with E-state index in [4.69, 9.17) is 28.4 Å². The van der Waals surface area contributed by atoms with E-state index < -0.39 is 99.8 Å². The maximum Gasteiger partial charge on any atom is 0.350 e. The molecule has 224 valence electrons. The third-order valence-electron chi connectivity index (χ3n) is 10.6. The first kappa shape index (κ1) is 27.3. The van der Waals surface area contributed by atoms with E-state index in [9.17, 15) is 34.2 Å². The van der Waals surface area contributed by atoms with E-state index in [1.165, 1.54) is 25.1 Å². The van der Waals surface area contributed by atoms with E-state index >= 15 is 0 Å². The van der Waals surface area contributed by atoms with Crippen molar-refractivity contribution in [3.8, 4) is 5.75 Å². The van der Waals surface area contributed by atoms with Gasteiger partial charge in [-0.2, -0.15) is 0 Å². The van der Waals surface area contributed by atoms with E-state index in [-0.39, 0.29) is 17.7 Å². The maximum atomic E-state index is 13.9. The van der Waals surface area contributed by atoms with Gasteiger partial charge in [0, 0.05) is 6.92 Å². The fourth-order valence-electron chi connectivity index (χ4n) is 9.29. The molecule has 2 spiro atoms. The standard InChI is InChI=1S/C29H30O13/c1-11-20(32)39-18-17(31)27-16-10-15(25(3,4)5)26(27)19(40-21(33)13-8-6-7-9-14(13)37-12(2)30)22(34)41-24(26)42-29(27,23(35)38-16)28(11,18)36/h6-9,11,15-19,24,31,36H,10H2,1-5H3/t11-,15?,16?,17+,18+,19+,24+,26?,27+,28-,29-/m1/s1. The molecular weight excluding hydrogens is 556 g/mol. The molecule has 0 radical (unpaired) electrons. The van der Waals surface area contributed by atoms with Crippen molar-refractivity contribution >= 4 is 29.8 Å². The summed E-state index contributed by atoms with van der Waals surface area (Å²) >= 11 is 0. The first-order valence-electron chi connectivity index (χ1n) is 13.8. The second-order valence-electron chi connectivity index (χ2n) is 13.1. The predicted octanol–water partition coefficient (Wildman–Crippen LogP) is 0.421. The van der Waals surface area contributed by atoms with Crippen molar-refractivity contribution in [1.29, 1.82) is 0 Å². The SMILES string of the molecule is CC(=O)Oc1ccccc1C(=O)O[C@H]1C(=O)O[C@H]2O[C@]34C(=O)OC5CC(C(C)(C)C)C21[C@@]53[C@@H](O)[C@@H]1OC(=O)[C@@H](C)[C@@]14O. The third kappa shape index (κ3) is 2.57. The Hall–Kier alpha value is -3.55. The number of rotatable bonds is 3. The van der Waals surface area contributed by atoms with Crippen LogP contribution in [-0.2, 0) is 42.9 Å². The van der Waals surface area contributed by atoms with E-state index in [2.05, 4.69) is 0 Å². The van der Waals surface area contributed by atoms with E-state index in [0.717, 1.165) is 6.92 Å². The van der Waals surface area contributed by atoms with Crippen LogP contribution in [0.1, 0.15) is 51.4 Å². The zero-order valence-corrected chi connectivity index (χ0v) is 23.4. The summed E-state index contributed by atoms with van der Waals surface area (Å²) in [5.74, 6) is -6.65. The number of esters is 5. The summed E-state index contributed by atoms with van der Waals surface area (Å²) in [5, 5.41) is 24.4. The molecule has 13 nitrogen and oxygen atoms in total. The van der Waals surface area contributed by atoms with Gasteiger partial charge in [-0.25, -0.2) is 14.4 Å². The van der Waals surface area contributed by atoms with Gasteiger partial charge in [0.1, 0.15) is 23.5 Å². The Bertz CT molecular complexity index is 1480. The van der Waals surface area contributed by atoms with E-state index in [1.54, 1.807) is 6.07 Å². The number of aliphatic hydroxyl groups is 2. The van der Waals surface area contributed by atoms with Gasteiger partial charge in [0.15, 0.2) is 11.7 Å². The summed E-state index contributed by atoms with van der Waals surface area (Å²) in [6.07, 6.45) is -7.69. The molecule has 0 aromatic heterocycles. The third-order valence-corrected chi connectivity index (χ3v) is 10.6. The molecule has 11 atom stereocenters. The predicted molar refractivity (Wildman–Crippen MR) is 133 cm³/mol. The molecule has 3 unspecified atom stereocenters. The van der Waals surface area contributed by atoms with Gasteiger partial charge < -0.3 is 38.6 Å². The van der Waals surface area contributed by atoms with Gasteiger partial charge >= 0.3 is 29.8 Å². The highest BCUT2D eigenvalue weighted by Gasteiger charge is 3.04. The van der Waals surface area contributed by atoms with Crippen LogP contribution in [0.15, 0.2) is 24.3 Å². The minimum Gasteiger partial charge on any atom is -0.459 e. The van der Waals surface area contributed by atoms with Crippen LogP contribution < -0.4 is 4.74 Å². The topological polar surface area (TPSA) is 181 Å². The Labute approximate surface area is 239 Å². The van der Waals surface area contributed by atoms with Crippen LogP contribution in [0.3, 0.4) is 0 Å². The largest absolute Gasteiger partial charge is 0.459 e. The molecule has 1 aromatic carbocycles. The van der Waals surface area contributed by atoms with Crippen LogP contribution >= 0.6 is 0 Å². The molecule has 4 aliphatic heterocycles. The second-order valence-corrected chi connectivity index (χ2v) is 13.1. The highest BCUT2D eigenvalue weighted by atomic mass is 16.8. The molecule has 7 rings (SSSR count). The first-order valence-corrected chi connectivity index (χ1v) is 13.8. The molecule has 2 aliphatic carbocycles. The number of para-hydroxylation sites is 1. The normalized spacial score (nSPS) is 45.9. The van der Waals surface area contributed by atoms with Crippen molar-refractivity contribution in [1.82, 2.24) is 0 Å². The monoisotopic (exact) mass is 586 g/mol. The lowest BCUT2D eigenvalue weighted by Gasteiger charge is -2.48. The quantitative estimate of drug-likeness (QED) is 0.283. The minimum absolute atomic E-state index is 0.105. The molecule has 0 amide bonds. The summed E-state index contributed by atoms with van der Waals surface area (Å²) in [7, 11) is 0. The molecule has 42 heavy (non-hydrogen) atoms. The summed E-state index contributed by atoms with van der Waals surface area (Å²) in [4.78, 5) is 65.6. The van der Waals surface area contributed by atoms with Gasteiger partial charge in [-0.05, 0) is 36.8 Å². The fourth-order valence-corrected chi connectivity index (χ4v) is 9.29. The molecule has 4 heterocycles. The average Bonchev–Trinajstić information content (AvgIpc) is 3.62. The minimum atomic E-state index is -2.39. The summed E-state index contributed by atoms with van der Waals surface area (Å²) in [5.41, 5.74) is -9.29. The van der Waals surface area contributed by atoms with Crippen LogP contribution in [0.4, 0.5) is 0 Å². The molecule has 6 fully saturated rings. The number of aliphatic hydroxyl groups excluding tert-OH is 1. The van der Waals surface area contributed by atoms with E-state index in [0.29, 0.717) is 0 Å². The lowest BCUT2D eigenvalue weighted by molar-refractivity contribution is -0.239.